The zero-order chi connectivity index (χ0) is 15.5. The molecule has 0 spiro atoms. The van der Waals surface area contributed by atoms with Crippen molar-refractivity contribution in [2.75, 3.05) is 31.1 Å². The van der Waals surface area contributed by atoms with Gasteiger partial charge in [-0.3, -0.25) is 9.59 Å². The Bertz CT molecular complexity index is 676. The second-order valence-electron chi connectivity index (χ2n) is 5.00. The van der Waals surface area contributed by atoms with Crippen molar-refractivity contribution in [3.63, 3.8) is 0 Å². The van der Waals surface area contributed by atoms with Crippen molar-refractivity contribution in [3.05, 3.63) is 48.0 Å². The highest BCUT2D eigenvalue weighted by Gasteiger charge is 2.25. The molecule has 7 nitrogen and oxygen atoms in total. The Labute approximate surface area is 127 Å². The van der Waals surface area contributed by atoms with E-state index in [9.17, 15) is 9.59 Å². The van der Waals surface area contributed by atoms with Crippen molar-refractivity contribution in [2.45, 2.75) is 0 Å². The molecule has 0 atom stereocenters. The smallest absolute Gasteiger partial charge is 0.289 e. The van der Waals surface area contributed by atoms with Gasteiger partial charge in [-0.1, -0.05) is 0 Å². The maximum atomic E-state index is 12.2. The van der Waals surface area contributed by atoms with Crippen LogP contribution in [0.5, 0.6) is 0 Å². The summed E-state index contributed by atoms with van der Waals surface area (Å²) in [6, 6.07) is 6.68. The summed E-state index contributed by atoms with van der Waals surface area (Å²) >= 11 is 0. The summed E-state index contributed by atoms with van der Waals surface area (Å²) in [6.07, 6.45) is 3.11. The van der Waals surface area contributed by atoms with E-state index in [-0.39, 0.29) is 5.91 Å². The van der Waals surface area contributed by atoms with E-state index in [4.69, 9.17) is 10.2 Å². The Morgan fingerprint density at radius 3 is 2.55 bits per heavy atom. The molecule has 2 N–H and O–H groups in total. The molecule has 114 valence electrons. The number of anilines is 1. The van der Waals surface area contributed by atoms with Crippen molar-refractivity contribution in [1.82, 2.24) is 9.88 Å². The van der Waals surface area contributed by atoms with Gasteiger partial charge in [-0.05, 0) is 24.3 Å². The number of furan rings is 1. The van der Waals surface area contributed by atoms with Crippen molar-refractivity contribution < 1.29 is 14.0 Å². The van der Waals surface area contributed by atoms with Gasteiger partial charge in [0.25, 0.3) is 11.8 Å². The van der Waals surface area contributed by atoms with Crippen LogP contribution in [0.15, 0.2) is 41.1 Å². The predicted octanol–water partition coefficient (Wildman–Crippen LogP) is 0.736. The zero-order valence-electron chi connectivity index (χ0n) is 11.9. The summed E-state index contributed by atoms with van der Waals surface area (Å²) < 4.78 is 5.13. The highest BCUT2D eigenvalue weighted by molar-refractivity contribution is 5.97. The van der Waals surface area contributed by atoms with Gasteiger partial charge in [0.2, 0.25) is 0 Å². The first kappa shape index (κ1) is 14.1. The number of hydrogen-bond acceptors (Lipinski definition) is 5. The van der Waals surface area contributed by atoms with Gasteiger partial charge in [0, 0.05) is 32.4 Å². The van der Waals surface area contributed by atoms with Crippen molar-refractivity contribution in [1.29, 1.82) is 0 Å². The fraction of sp³-hybridized carbons (Fsp3) is 0.267. The quantitative estimate of drug-likeness (QED) is 0.902. The third-order valence-electron chi connectivity index (χ3n) is 3.65. The Morgan fingerprint density at radius 2 is 1.91 bits per heavy atom. The summed E-state index contributed by atoms with van der Waals surface area (Å²) in [5.41, 5.74) is 5.77. The zero-order valence-corrected chi connectivity index (χ0v) is 11.9. The Hall–Kier alpha value is -2.83. The van der Waals surface area contributed by atoms with Gasteiger partial charge in [-0.2, -0.15) is 0 Å². The van der Waals surface area contributed by atoms with E-state index >= 15 is 0 Å². The van der Waals surface area contributed by atoms with Gasteiger partial charge >= 0.3 is 0 Å². The molecule has 22 heavy (non-hydrogen) atoms. The van der Waals surface area contributed by atoms with E-state index < -0.39 is 5.91 Å². The molecule has 1 aliphatic rings. The lowest BCUT2D eigenvalue weighted by molar-refractivity contribution is 0.0714. The third-order valence-corrected chi connectivity index (χ3v) is 3.65. The van der Waals surface area contributed by atoms with Gasteiger partial charge in [0.1, 0.15) is 5.82 Å². The monoisotopic (exact) mass is 300 g/mol. The average Bonchev–Trinajstić information content (AvgIpc) is 3.09. The predicted molar refractivity (Wildman–Crippen MR) is 79.6 cm³/mol. The normalized spacial score (nSPS) is 14.9. The van der Waals surface area contributed by atoms with Crippen LogP contribution in [-0.2, 0) is 0 Å². The minimum atomic E-state index is -0.503. The molecule has 2 amide bonds. The molecule has 0 unspecified atom stereocenters. The molecule has 0 saturated carbocycles. The highest BCUT2D eigenvalue weighted by Crippen LogP contribution is 2.19. The van der Waals surface area contributed by atoms with Crippen LogP contribution < -0.4 is 10.6 Å². The molecule has 3 heterocycles. The van der Waals surface area contributed by atoms with Gasteiger partial charge < -0.3 is 20.0 Å². The molecule has 0 radical (unpaired) electrons. The number of rotatable bonds is 3. The van der Waals surface area contributed by atoms with Crippen LogP contribution >= 0.6 is 0 Å². The highest BCUT2D eigenvalue weighted by atomic mass is 16.3. The van der Waals surface area contributed by atoms with Crippen LogP contribution in [0.1, 0.15) is 20.9 Å². The first-order chi connectivity index (χ1) is 10.7. The second-order valence-corrected chi connectivity index (χ2v) is 5.00. The Kier molecular flexibility index (Phi) is 3.78. The van der Waals surface area contributed by atoms with Crippen LogP contribution in [0, 0.1) is 0 Å². The minimum absolute atomic E-state index is 0.124. The minimum Gasteiger partial charge on any atom is -0.459 e. The van der Waals surface area contributed by atoms with Crippen LogP contribution in [0.25, 0.3) is 0 Å². The van der Waals surface area contributed by atoms with E-state index in [0.717, 1.165) is 0 Å². The molecule has 0 bridgehead atoms. The van der Waals surface area contributed by atoms with Gasteiger partial charge in [-0.15, -0.1) is 0 Å². The lowest BCUT2D eigenvalue weighted by atomic mass is 10.2. The summed E-state index contributed by atoms with van der Waals surface area (Å²) in [5.74, 6) is 0.280. The molecule has 2 aromatic rings. The molecule has 3 rings (SSSR count). The van der Waals surface area contributed by atoms with Crippen LogP contribution in [-0.4, -0.2) is 47.9 Å². The van der Waals surface area contributed by atoms with Gasteiger partial charge in [0.15, 0.2) is 5.76 Å². The van der Waals surface area contributed by atoms with Crippen molar-refractivity contribution in [2.24, 2.45) is 5.73 Å². The standard InChI is InChI=1S/C15H16N4O3/c16-13(20)11-3-1-5-17-14(11)18-6-8-19(9-7-18)15(21)12-4-2-10-22-12/h1-5,10H,6-9H2,(H2,16,20). The van der Waals surface area contributed by atoms with Crippen molar-refractivity contribution >= 4 is 17.6 Å². The fourth-order valence-electron chi connectivity index (χ4n) is 2.52. The third kappa shape index (κ3) is 2.65. The molecular formula is C15H16N4O3. The molecule has 0 aliphatic carbocycles. The number of pyridine rings is 1. The van der Waals surface area contributed by atoms with Gasteiger partial charge in [0.05, 0.1) is 11.8 Å². The van der Waals surface area contributed by atoms with E-state index in [1.807, 2.05) is 4.90 Å². The van der Waals surface area contributed by atoms with Crippen molar-refractivity contribution in [3.8, 4) is 0 Å². The Balaban J connectivity index is 1.70. The number of carbonyl (C=O) groups is 2. The van der Waals surface area contributed by atoms with Crippen LogP contribution in [0.2, 0.25) is 0 Å². The number of aromatic nitrogens is 1. The van der Waals surface area contributed by atoms with E-state index in [2.05, 4.69) is 4.98 Å². The number of piperazine rings is 1. The Morgan fingerprint density at radius 1 is 1.14 bits per heavy atom. The number of carbonyl (C=O) groups excluding carboxylic acids is 2. The molecule has 1 saturated heterocycles. The largest absolute Gasteiger partial charge is 0.459 e. The fourth-order valence-corrected chi connectivity index (χ4v) is 2.52. The molecule has 1 aliphatic heterocycles. The van der Waals surface area contributed by atoms with E-state index in [1.54, 1.807) is 35.4 Å². The van der Waals surface area contributed by atoms with E-state index in [0.29, 0.717) is 43.3 Å². The summed E-state index contributed by atoms with van der Waals surface area (Å²) in [4.78, 5) is 31.6. The SMILES string of the molecule is NC(=O)c1cccnc1N1CCN(C(=O)c2ccco2)CC1. The van der Waals surface area contributed by atoms with Crippen LogP contribution in [0.4, 0.5) is 5.82 Å². The molecule has 2 aromatic heterocycles. The van der Waals surface area contributed by atoms with Crippen LogP contribution in [0.3, 0.4) is 0 Å². The first-order valence-electron chi connectivity index (χ1n) is 6.99. The first-order valence-corrected chi connectivity index (χ1v) is 6.99. The van der Waals surface area contributed by atoms with E-state index in [1.165, 1.54) is 6.26 Å². The summed E-state index contributed by atoms with van der Waals surface area (Å²) in [7, 11) is 0. The maximum Gasteiger partial charge on any atom is 0.289 e. The molecule has 7 heteroatoms. The number of primary amides is 1. The number of nitrogens with zero attached hydrogens (tertiary/aromatic N) is 3. The molecule has 0 aromatic carbocycles. The molecular weight excluding hydrogens is 284 g/mol. The summed E-state index contributed by atoms with van der Waals surface area (Å²) in [5, 5.41) is 0. The molecule has 1 fully saturated rings. The number of amides is 2. The average molecular weight is 300 g/mol. The maximum absolute atomic E-state index is 12.2. The topological polar surface area (TPSA) is 92.7 Å². The summed E-state index contributed by atoms with van der Waals surface area (Å²) in [6.45, 7) is 2.25. The number of hydrogen-bond donors (Lipinski definition) is 1. The second kappa shape index (κ2) is 5.88. The number of nitrogens with two attached hydrogens (primary N) is 1. The van der Waals surface area contributed by atoms with Gasteiger partial charge in [-0.25, -0.2) is 4.98 Å². The lowest BCUT2D eigenvalue weighted by Crippen LogP contribution is -2.49. The lowest BCUT2D eigenvalue weighted by Gasteiger charge is -2.35.